The van der Waals surface area contributed by atoms with Crippen LogP contribution in [-0.4, -0.2) is 7.11 Å². The van der Waals surface area contributed by atoms with Crippen molar-refractivity contribution in [2.24, 2.45) is 0 Å². The molecule has 16 heavy (non-hydrogen) atoms. The van der Waals surface area contributed by atoms with Gasteiger partial charge in [-0.15, -0.1) is 0 Å². The van der Waals surface area contributed by atoms with Gasteiger partial charge >= 0.3 is 0 Å². The van der Waals surface area contributed by atoms with Crippen molar-refractivity contribution in [3.8, 4) is 16.9 Å². The molecular formula is C13H12FNO. The van der Waals surface area contributed by atoms with E-state index in [9.17, 15) is 4.39 Å². The fourth-order valence-corrected chi connectivity index (χ4v) is 1.61. The van der Waals surface area contributed by atoms with Crippen LogP contribution in [-0.2, 0) is 0 Å². The lowest BCUT2D eigenvalue weighted by Gasteiger charge is -2.09. The maximum absolute atomic E-state index is 13.5. The van der Waals surface area contributed by atoms with Crippen molar-refractivity contribution in [1.82, 2.24) is 0 Å². The summed E-state index contributed by atoms with van der Waals surface area (Å²) >= 11 is 0. The molecule has 0 saturated heterocycles. The molecule has 0 spiro atoms. The van der Waals surface area contributed by atoms with Gasteiger partial charge in [0.15, 0.2) is 11.6 Å². The van der Waals surface area contributed by atoms with E-state index < -0.39 is 0 Å². The van der Waals surface area contributed by atoms with Gasteiger partial charge < -0.3 is 10.5 Å². The third kappa shape index (κ3) is 1.84. The van der Waals surface area contributed by atoms with Gasteiger partial charge in [0.25, 0.3) is 0 Å². The molecule has 0 fully saturated rings. The van der Waals surface area contributed by atoms with E-state index in [0.29, 0.717) is 5.69 Å². The van der Waals surface area contributed by atoms with E-state index in [2.05, 4.69) is 0 Å². The smallest absolute Gasteiger partial charge is 0.165 e. The van der Waals surface area contributed by atoms with Gasteiger partial charge in [-0.25, -0.2) is 4.39 Å². The molecule has 0 heterocycles. The van der Waals surface area contributed by atoms with E-state index in [-0.39, 0.29) is 11.6 Å². The number of hydrogen-bond donors (Lipinski definition) is 1. The van der Waals surface area contributed by atoms with E-state index in [0.717, 1.165) is 11.1 Å². The Kier molecular flexibility index (Phi) is 2.77. The van der Waals surface area contributed by atoms with E-state index >= 15 is 0 Å². The number of para-hydroxylation sites is 1. The normalized spacial score (nSPS) is 10.1. The Morgan fingerprint density at radius 2 is 1.75 bits per heavy atom. The zero-order valence-corrected chi connectivity index (χ0v) is 8.91. The van der Waals surface area contributed by atoms with Crippen LogP contribution in [0.4, 0.5) is 10.1 Å². The first-order chi connectivity index (χ1) is 7.72. The summed E-state index contributed by atoms with van der Waals surface area (Å²) in [5.74, 6) is -0.107. The SMILES string of the molecule is COc1c(F)cccc1-c1ccc(N)cc1. The molecule has 2 N–H and O–H groups in total. The maximum atomic E-state index is 13.5. The monoisotopic (exact) mass is 217 g/mol. The second-order valence-corrected chi connectivity index (χ2v) is 3.44. The Morgan fingerprint density at radius 3 is 2.38 bits per heavy atom. The molecule has 0 unspecified atom stereocenters. The molecular weight excluding hydrogens is 205 g/mol. The van der Waals surface area contributed by atoms with Gasteiger partial charge in [-0.3, -0.25) is 0 Å². The molecule has 0 aromatic heterocycles. The fourth-order valence-electron chi connectivity index (χ4n) is 1.61. The minimum Gasteiger partial charge on any atom is -0.493 e. The molecule has 2 aromatic rings. The van der Waals surface area contributed by atoms with Crippen LogP contribution in [0.3, 0.4) is 0 Å². The number of ether oxygens (including phenoxy) is 1. The number of anilines is 1. The molecule has 0 saturated carbocycles. The van der Waals surface area contributed by atoms with Crippen molar-refractivity contribution in [2.45, 2.75) is 0 Å². The highest BCUT2D eigenvalue weighted by Crippen LogP contribution is 2.32. The zero-order valence-electron chi connectivity index (χ0n) is 8.91. The number of rotatable bonds is 2. The first-order valence-corrected chi connectivity index (χ1v) is 4.91. The summed E-state index contributed by atoms with van der Waals surface area (Å²) in [5.41, 5.74) is 7.88. The van der Waals surface area contributed by atoms with E-state index in [1.807, 2.05) is 18.2 Å². The molecule has 2 rings (SSSR count). The molecule has 2 aromatic carbocycles. The summed E-state index contributed by atoms with van der Waals surface area (Å²) in [6.07, 6.45) is 0. The van der Waals surface area contributed by atoms with E-state index in [1.165, 1.54) is 13.2 Å². The fraction of sp³-hybridized carbons (Fsp3) is 0.0769. The number of methoxy groups -OCH3 is 1. The van der Waals surface area contributed by atoms with Crippen LogP contribution in [0.2, 0.25) is 0 Å². The predicted octanol–water partition coefficient (Wildman–Crippen LogP) is 3.08. The van der Waals surface area contributed by atoms with Crippen LogP contribution in [0, 0.1) is 5.82 Å². The van der Waals surface area contributed by atoms with Crippen LogP contribution in [0.5, 0.6) is 5.75 Å². The quantitative estimate of drug-likeness (QED) is 0.784. The number of benzene rings is 2. The molecule has 0 aliphatic rings. The Bertz CT molecular complexity index is 494. The zero-order chi connectivity index (χ0) is 11.5. The summed E-state index contributed by atoms with van der Waals surface area (Å²) in [4.78, 5) is 0. The Morgan fingerprint density at radius 1 is 1.06 bits per heavy atom. The largest absolute Gasteiger partial charge is 0.493 e. The Balaban J connectivity index is 2.55. The molecule has 0 atom stereocenters. The third-order valence-corrected chi connectivity index (χ3v) is 2.39. The van der Waals surface area contributed by atoms with Crippen LogP contribution in [0.1, 0.15) is 0 Å². The highest BCUT2D eigenvalue weighted by molar-refractivity contribution is 5.71. The molecule has 2 nitrogen and oxygen atoms in total. The third-order valence-electron chi connectivity index (χ3n) is 2.39. The topological polar surface area (TPSA) is 35.2 Å². The van der Waals surface area contributed by atoms with Crippen LogP contribution in [0.25, 0.3) is 11.1 Å². The lowest BCUT2D eigenvalue weighted by Crippen LogP contribution is -1.92. The summed E-state index contributed by atoms with van der Waals surface area (Å²) in [7, 11) is 1.46. The molecule has 0 aliphatic heterocycles. The minimum atomic E-state index is -0.364. The number of nitrogen functional groups attached to an aromatic ring is 1. The minimum absolute atomic E-state index is 0.257. The van der Waals surface area contributed by atoms with Gasteiger partial charge in [-0.05, 0) is 23.8 Å². The summed E-state index contributed by atoms with van der Waals surface area (Å²) < 4.78 is 18.5. The van der Waals surface area contributed by atoms with Crippen molar-refractivity contribution < 1.29 is 9.13 Å². The van der Waals surface area contributed by atoms with Gasteiger partial charge in [0, 0.05) is 11.3 Å². The van der Waals surface area contributed by atoms with Gasteiger partial charge in [-0.2, -0.15) is 0 Å². The van der Waals surface area contributed by atoms with Crippen molar-refractivity contribution >= 4 is 5.69 Å². The van der Waals surface area contributed by atoms with Crippen LogP contribution in [0.15, 0.2) is 42.5 Å². The Hall–Kier alpha value is -2.03. The molecule has 82 valence electrons. The lowest BCUT2D eigenvalue weighted by molar-refractivity contribution is 0.388. The molecule has 0 bridgehead atoms. The number of nitrogens with two attached hydrogens (primary N) is 1. The second-order valence-electron chi connectivity index (χ2n) is 3.44. The average molecular weight is 217 g/mol. The lowest BCUT2D eigenvalue weighted by atomic mass is 10.0. The number of hydrogen-bond acceptors (Lipinski definition) is 2. The molecule has 0 amide bonds. The average Bonchev–Trinajstić information content (AvgIpc) is 2.30. The maximum Gasteiger partial charge on any atom is 0.165 e. The second kappa shape index (κ2) is 4.23. The standard InChI is InChI=1S/C13H12FNO/c1-16-13-11(3-2-4-12(13)14)9-5-7-10(15)8-6-9/h2-8H,15H2,1H3. The predicted molar refractivity (Wildman–Crippen MR) is 62.8 cm³/mol. The van der Waals surface area contributed by atoms with Gasteiger partial charge in [0.1, 0.15) is 0 Å². The van der Waals surface area contributed by atoms with Crippen molar-refractivity contribution in [3.63, 3.8) is 0 Å². The van der Waals surface area contributed by atoms with Gasteiger partial charge in [0.2, 0.25) is 0 Å². The highest BCUT2D eigenvalue weighted by Gasteiger charge is 2.09. The number of halogens is 1. The Labute approximate surface area is 93.5 Å². The summed E-state index contributed by atoms with van der Waals surface area (Å²) in [6, 6.07) is 12.1. The first kappa shape index (κ1) is 10.5. The van der Waals surface area contributed by atoms with Crippen LogP contribution < -0.4 is 10.5 Å². The summed E-state index contributed by atoms with van der Waals surface area (Å²) in [6.45, 7) is 0. The van der Waals surface area contributed by atoms with Gasteiger partial charge in [0.05, 0.1) is 7.11 Å². The van der Waals surface area contributed by atoms with Gasteiger partial charge in [-0.1, -0.05) is 24.3 Å². The molecule has 3 heteroatoms. The van der Waals surface area contributed by atoms with E-state index in [4.69, 9.17) is 10.5 Å². The highest BCUT2D eigenvalue weighted by atomic mass is 19.1. The van der Waals surface area contributed by atoms with E-state index in [1.54, 1.807) is 18.2 Å². The summed E-state index contributed by atoms with van der Waals surface area (Å²) in [5, 5.41) is 0. The first-order valence-electron chi connectivity index (χ1n) is 4.91. The molecule has 0 aliphatic carbocycles. The van der Waals surface area contributed by atoms with Crippen molar-refractivity contribution in [1.29, 1.82) is 0 Å². The van der Waals surface area contributed by atoms with Crippen LogP contribution >= 0.6 is 0 Å². The molecule has 0 radical (unpaired) electrons. The van der Waals surface area contributed by atoms with Crippen molar-refractivity contribution in [2.75, 3.05) is 12.8 Å². The van der Waals surface area contributed by atoms with Crippen molar-refractivity contribution in [3.05, 3.63) is 48.3 Å².